The Balaban J connectivity index is 0.00000264. The lowest BCUT2D eigenvalue weighted by atomic mass is 9.95. The first-order chi connectivity index (χ1) is 10.3. The molecule has 1 aromatic carbocycles. The Hall–Kier alpha value is -1.41. The second-order valence-corrected chi connectivity index (χ2v) is 7.12. The first-order valence-corrected chi connectivity index (χ1v) is 8.60. The van der Waals surface area contributed by atoms with Crippen molar-refractivity contribution in [2.24, 2.45) is 5.73 Å². The first kappa shape index (κ1) is 19.6. The van der Waals surface area contributed by atoms with Crippen LogP contribution >= 0.6 is 12.4 Å². The predicted octanol–water partition coefficient (Wildman–Crippen LogP) is 2.01. The van der Waals surface area contributed by atoms with Gasteiger partial charge in [-0.3, -0.25) is 0 Å². The van der Waals surface area contributed by atoms with Crippen molar-refractivity contribution >= 4 is 33.4 Å². The third-order valence-corrected chi connectivity index (χ3v) is 5.32. The second-order valence-electron chi connectivity index (χ2n) is 5.35. The molecule has 0 radical (unpaired) electrons. The van der Waals surface area contributed by atoms with Crippen molar-refractivity contribution in [2.45, 2.75) is 37.1 Å². The number of hydrogen-bond donors (Lipinski definition) is 2. The van der Waals surface area contributed by atoms with Gasteiger partial charge in [-0.1, -0.05) is 13.8 Å². The molecule has 0 saturated carbocycles. The monoisotopic (exact) mass is 360 g/mol. The van der Waals surface area contributed by atoms with E-state index in [0.717, 1.165) is 0 Å². The van der Waals surface area contributed by atoms with E-state index in [1.165, 1.54) is 30.3 Å². The molecule has 0 amide bonds. The maximum Gasteiger partial charge on any atom is 0.336 e. The topological polar surface area (TPSA) is 102 Å². The van der Waals surface area contributed by atoms with Crippen LogP contribution in [0.5, 0.6) is 0 Å². The molecule has 0 aliphatic carbocycles. The lowest BCUT2D eigenvalue weighted by Crippen LogP contribution is -2.49. The summed E-state index contributed by atoms with van der Waals surface area (Å²) in [5.74, 6) is 0. The van der Waals surface area contributed by atoms with E-state index < -0.39 is 21.2 Å². The largest absolute Gasteiger partial charge is 0.423 e. The number of fused-ring (bicyclic) bond motifs is 1. The lowest BCUT2D eigenvalue weighted by molar-refractivity contribution is 0.392. The molecular formula is C15H21ClN2O4S. The van der Waals surface area contributed by atoms with E-state index in [0.29, 0.717) is 23.8 Å². The Morgan fingerprint density at radius 2 is 1.83 bits per heavy atom. The molecule has 0 unspecified atom stereocenters. The average Bonchev–Trinajstić information content (AvgIpc) is 2.52. The van der Waals surface area contributed by atoms with Gasteiger partial charge >= 0.3 is 5.63 Å². The number of sulfonamides is 1. The molecule has 0 aliphatic rings. The van der Waals surface area contributed by atoms with Gasteiger partial charge in [0.05, 0.1) is 4.90 Å². The first-order valence-electron chi connectivity index (χ1n) is 7.12. The molecule has 1 aromatic heterocycles. The molecule has 3 N–H and O–H groups in total. The molecule has 23 heavy (non-hydrogen) atoms. The molecule has 6 nitrogen and oxygen atoms in total. The van der Waals surface area contributed by atoms with Crippen molar-refractivity contribution < 1.29 is 12.8 Å². The average molecular weight is 361 g/mol. The number of benzene rings is 1. The van der Waals surface area contributed by atoms with Gasteiger partial charge in [0, 0.05) is 23.5 Å². The van der Waals surface area contributed by atoms with Crippen LogP contribution in [0.15, 0.2) is 44.4 Å². The van der Waals surface area contributed by atoms with Gasteiger partial charge in [0.15, 0.2) is 0 Å². The fraction of sp³-hybridized carbons (Fsp3) is 0.400. The van der Waals surface area contributed by atoms with E-state index in [1.54, 1.807) is 0 Å². The molecular weight excluding hydrogens is 340 g/mol. The highest BCUT2D eigenvalue weighted by Crippen LogP contribution is 2.18. The van der Waals surface area contributed by atoms with Crippen LogP contribution < -0.4 is 16.1 Å². The summed E-state index contributed by atoms with van der Waals surface area (Å²) in [5.41, 5.74) is 5.43. The summed E-state index contributed by atoms with van der Waals surface area (Å²) in [6.45, 7) is 4.02. The van der Waals surface area contributed by atoms with Crippen LogP contribution in [0.4, 0.5) is 0 Å². The maximum atomic E-state index is 12.4. The van der Waals surface area contributed by atoms with E-state index in [1.807, 2.05) is 13.8 Å². The van der Waals surface area contributed by atoms with Crippen molar-refractivity contribution in [1.82, 2.24) is 4.72 Å². The van der Waals surface area contributed by atoms with Crippen molar-refractivity contribution in [2.75, 3.05) is 6.54 Å². The van der Waals surface area contributed by atoms with Crippen LogP contribution in [0.2, 0.25) is 0 Å². The molecule has 128 valence electrons. The smallest absolute Gasteiger partial charge is 0.336 e. The number of nitrogens with one attached hydrogen (secondary N) is 1. The Morgan fingerprint density at radius 1 is 1.17 bits per heavy atom. The minimum absolute atomic E-state index is 0. The lowest BCUT2D eigenvalue weighted by Gasteiger charge is -2.26. The van der Waals surface area contributed by atoms with Crippen LogP contribution in [0, 0.1) is 0 Å². The van der Waals surface area contributed by atoms with Crippen LogP contribution in [-0.2, 0) is 10.0 Å². The zero-order chi connectivity index (χ0) is 16.4. The van der Waals surface area contributed by atoms with Gasteiger partial charge in [0.2, 0.25) is 10.0 Å². The van der Waals surface area contributed by atoms with Gasteiger partial charge in [-0.15, -0.1) is 12.4 Å². The van der Waals surface area contributed by atoms with E-state index >= 15 is 0 Å². The molecule has 8 heteroatoms. The highest BCUT2D eigenvalue weighted by atomic mass is 35.5. The second kappa shape index (κ2) is 7.44. The standard InChI is InChI=1S/C15H20N2O4S.ClH/c1-3-15(16,4-2)10-17-22(19,20)12-6-7-13-11(9-12)5-8-14(18)21-13;/h5-9,17H,3-4,10,16H2,1-2H3;1H. The van der Waals surface area contributed by atoms with Crippen molar-refractivity contribution in [3.63, 3.8) is 0 Å². The van der Waals surface area contributed by atoms with Gasteiger partial charge in [-0.2, -0.15) is 0 Å². The quantitative estimate of drug-likeness (QED) is 0.767. The Bertz CT molecular complexity index is 829. The molecule has 2 aromatic rings. The van der Waals surface area contributed by atoms with Crippen LogP contribution in [0.3, 0.4) is 0 Å². The maximum absolute atomic E-state index is 12.4. The number of rotatable bonds is 6. The fourth-order valence-electron chi connectivity index (χ4n) is 2.04. The molecule has 1 heterocycles. The van der Waals surface area contributed by atoms with Gasteiger partial charge < -0.3 is 10.2 Å². The van der Waals surface area contributed by atoms with Crippen molar-refractivity contribution in [1.29, 1.82) is 0 Å². The molecule has 2 rings (SSSR count). The van der Waals surface area contributed by atoms with Gasteiger partial charge in [-0.05, 0) is 37.1 Å². The van der Waals surface area contributed by atoms with Crippen molar-refractivity contribution in [3.8, 4) is 0 Å². The van der Waals surface area contributed by atoms with E-state index in [2.05, 4.69) is 4.72 Å². The molecule has 0 aliphatic heterocycles. The van der Waals surface area contributed by atoms with Crippen LogP contribution in [0.25, 0.3) is 11.0 Å². The normalized spacial score (nSPS) is 12.1. The molecule has 0 saturated heterocycles. The summed E-state index contributed by atoms with van der Waals surface area (Å²) in [4.78, 5) is 11.2. The summed E-state index contributed by atoms with van der Waals surface area (Å²) >= 11 is 0. The highest BCUT2D eigenvalue weighted by Gasteiger charge is 2.24. The summed E-state index contributed by atoms with van der Waals surface area (Å²) in [6.07, 6.45) is 1.35. The van der Waals surface area contributed by atoms with Gasteiger partial charge in [-0.25, -0.2) is 17.9 Å². The fourth-order valence-corrected chi connectivity index (χ4v) is 3.21. The minimum Gasteiger partial charge on any atom is -0.423 e. The Labute approximate surface area is 141 Å². The van der Waals surface area contributed by atoms with E-state index in [9.17, 15) is 13.2 Å². The van der Waals surface area contributed by atoms with Gasteiger partial charge in [0.1, 0.15) is 5.58 Å². The highest BCUT2D eigenvalue weighted by molar-refractivity contribution is 7.89. The summed E-state index contributed by atoms with van der Waals surface area (Å²) in [5, 5.41) is 0.549. The van der Waals surface area contributed by atoms with Crippen LogP contribution in [0.1, 0.15) is 26.7 Å². The zero-order valence-corrected chi connectivity index (χ0v) is 14.7. The summed E-state index contributed by atoms with van der Waals surface area (Å²) in [6, 6.07) is 7.14. The third kappa shape index (κ3) is 4.54. The number of halogens is 1. The van der Waals surface area contributed by atoms with Gasteiger partial charge in [0.25, 0.3) is 0 Å². The minimum atomic E-state index is -3.67. The zero-order valence-electron chi connectivity index (χ0n) is 13.0. The Kier molecular flexibility index (Phi) is 6.35. The molecule has 0 fully saturated rings. The summed E-state index contributed by atoms with van der Waals surface area (Å²) < 4.78 is 32.3. The molecule has 0 atom stereocenters. The van der Waals surface area contributed by atoms with E-state index in [4.69, 9.17) is 10.2 Å². The van der Waals surface area contributed by atoms with E-state index in [-0.39, 0.29) is 23.8 Å². The predicted molar refractivity (Wildman–Crippen MR) is 92.4 cm³/mol. The molecule has 0 spiro atoms. The number of hydrogen-bond acceptors (Lipinski definition) is 5. The number of nitrogens with two attached hydrogens (primary N) is 1. The molecule has 0 bridgehead atoms. The summed E-state index contributed by atoms with van der Waals surface area (Å²) in [7, 11) is -3.67. The SMILES string of the molecule is CCC(N)(CC)CNS(=O)(=O)c1ccc2oc(=O)ccc2c1.Cl. The third-order valence-electron chi connectivity index (χ3n) is 3.92. The van der Waals surface area contributed by atoms with Crippen LogP contribution in [-0.4, -0.2) is 20.5 Å². The Morgan fingerprint density at radius 3 is 2.43 bits per heavy atom. The van der Waals surface area contributed by atoms with Crippen molar-refractivity contribution in [3.05, 3.63) is 40.8 Å².